The van der Waals surface area contributed by atoms with E-state index in [0.29, 0.717) is 11.7 Å². The van der Waals surface area contributed by atoms with Crippen molar-refractivity contribution < 1.29 is 28.5 Å². The average Bonchev–Trinajstić information content (AvgIpc) is 3.30. The summed E-state index contributed by atoms with van der Waals surface area (Å²) < 4.78 is 29.6. The van der Waals surface area contributed by atoms with E-state index in [0.717, 1.165) is 11.3 Å². The molecule has 8 nitrogen and oxygen atoms in total. The smallest absolute Gasteiger partial charge is 0.307 e. The van der Waals surface area contributed by atoms with Gasteiger partial charge in [-0.15, -0.1) is 0 Å². The lowest BCUT2D eigenvalue weighted by atomic mass is 10.0. The van der Waals surface area contributed by atoms with E-state index in [2.05, 4.69) is 10.6 Å². The van der Waals surface area contributed by atoms with Crippen LogP contribution in [-0.4, -0.2) is 54.6 Å². The first-order valence-electron chi connectivity index (χ1n) is 11.2. The van der Waals surface area contributed by atoms with Crippen molar-refractivity contribution in [2.24, 2.45) is 0 Å². The molecule has 0 aromatic heterocycles. The molecule has 0 saturated carbocycles. The van der Waals surface area contributed by atoms with Crippen LogP contribution in [0.25, 0.3) is 0 Å². The highest BCUT2D eigenvalue weighted by molar-refractivity contribution is 7.80. The zero-order chi connectivity index (χ0) is 24.1. The van der Waals surface area contributed by atoms with Crippen LogP contribution in [0.15, 0.2) is 60.7 Å². The standard InChI is InChI=1S/C25H30N2O6S/c1-25(2)32-22-21(30-15-16-10-6-4-7-11-16)20(31-23(22)33-25)18(14-19(28)29-3)27-24(34)26-17-12-8-5-9-13-17/h4-13,18,20-23H,14-15H2,1-3H3,(H2,26,27,34)/t18?,20?,21-,22+,23+/m1/s1. The molecule has 0 spiro atoms. The maximum atomic E-state index is 12.3. The third kappa shape index (κ3) is 6.11. The molecule has 34 heavy (non-hydrogen) atoms. The molecule has 2 fully saturated rings. The minimum absolute atomic E-state index is 0.0196. The molecule has 0 radical (unpaired) electrons. The molecule has 2 heterocycles. The van der Waals surface area contributed by atoms with Gasteiger partial charge in [0.25, 0.3) is 0 Å². The predicted molar refractivity (Wildman–Crippen MR) is 130 cm³/mol. The Morgan fingerprint density at radius 1 is 1.09 bits per heavy atom. The monoisotopic (exact) mass is 486 g/mol. The number of esters is 1. The van der Waals surface area contributed by atoms with E-state index >= 15 is 0 Å². The first-order chi connectivity index (χ1) is 16.3. The lowest BCUT2D eigenvalue weighted by Crippen LogP contribution is -2.52. The van der Waals surface area contributed by atoms with Crippen LogP contribution in [-0.2, 0) is 35.1 Å². The molecule has 2 aliphatic rings. The number of ether oxygens (including phenoxy) is 5. The SMILES string of the molecule is COC(=O)CC(NC(=S)Nc1ccccc1)C1O[C@H]2OC(C)(C)O[C@H]2[C@@H]1OCc1ccccc1. The van der Waals surface area contributed by atoms with Gasteiger partial charge in [-0.25, -0.2) is 0 Å². The molecule has 5 atom stereocenters. The average molecular weight is 487 g/mol. The van der Waals surface area contributed by atoms with Crippen LogP contribution in [0, 0.1) is 0 Å². The second kappa shape index (κ2) is 10.8. The summed E-state index contributed by atoms with van der Waals surface area (Å²) in [5.74, 6) is -1.20. The van der Waals surface area contributed by atoms with E-state index in [1.165, 1.54) is 7.11 Å². The third-order valence-electron chi connectivity index (χ3n) is 5.67. The van der Waals surface area contributed by atoms with Crippen LogP contribution < -0.4 is 10.6 Å². The Balaban J connectivity index is 1.53. The van der Waals surface area contributed by atoms with E-state index in [9.17, 15) is 4.79 Å². The van der Waals surface area contributed by atoms with E-state index in [1.807, 2.05) is 74.5 Å². The Labute approximate surface area is 204 Å². The van der Waals surface area contributed by atoms with Crippen molar-refractivity contribution in [2.75, 3.05) is 12.4 Å². The lowest BCUT2D eigenvalue weighted by Gasteiger charge is -2.31. The van der Waals surface area contributed by atoms with Crippen LogP contribution in [0.5, 0.6) is 0 Å². The van der Waals surface area contributed by atoms with Gasteiger partial charge >= 0.3 is 5.97 Å². The number of rotatable bonds is 8. The van der Waals surface area contributed by atoms with Gasteiger partial charge in [-0.1, -0.05) is 48.5 Å². The van der Waals surface area contributed by atoms with Crippen LogP contribution in [0.1, 0.15) is 25.8 Å². The topological polar surface area (TPSA) is 87.3 Å². The lowest BCUT2D eigenvalue weighted by molar-refractivity contribution is -0.222. The number of nitrogens with one attached hydrogen (secondary N) is 2. The number of para-hydroxylation sites is 1. The molecule has 4 rings (SSSR count). The van der Waals surface area contributed by atoms with Gasteiger partial charge in [-0.2, -0.15) is 0 Å². The van der Waals surface area contributed by atoms with Gasteiger partial charge in [0.1, 0.15) is 18.3 Å². The number of carbonyl (C=O) groups is 1. The van der Waals surface area contributed by atoms with Crippen molar-refractivity contribution in [3.8, 4) is 0 Å². The Hall–Kier alpha value is -2.56. The Morgan fingerprint density at radius 3 is 2.44 bits per heavy atom. The van der Waals surface area contributed by atoms with Crippen molar-refractivity contribution in [1.29, 1.82) is 0 Å². The molecule has 2 aromatic rings. The zero-order valence-corrected chi connectivity index (χ0v) is 20.2. The second-order valence-corrected chi connectivity index (χ2v) is 9.09. The minimum Gasteiger partial charge on any atom is -0.469 e. The van der Waals surface area contributed by atoms with Crippen molar-refractivity contribution in [3.63, 3.8) is 0 Å². The molecule has 2 unspecified atom stereocenters. The van der Waals surface area contributed by atoms with Gasteiger partial charge < -0.3 is 34.3 Å². The highest BCUT2D eigenvalue weighted by atomic mass is 32.1. The minimum atomic E-state index is -0.801. The number of carbonyl (C=O) groups excluding carboxylic acids is 1. The van der Waals surface area contributed by atoms with Gasteiger partial charge in [0.05, 0.1) is 26.2 Å². The fraction of sp³-hybridized carbons (Fsp3) is 0.440. The Morgan fingerprint density at radius 2 is 1.76 bits per heavy atom. The number of hydrogen-bond donors (Lipinski definition) is 2. The van der Waals surface area contributed by atoms with Crippen molar-refractivity contribution >= 4 is 29.0 Å². The zero-order valence-electron chi connectivity index (χ0n) is 19.4. The summed E-state index contributed by atoms with van der Waals surface area (Å²) in [4.78, 5) is 12.3. The van der Waals surface area contributed by atoms with Crippen LogP contribution in [0.3, 0.4) is 0 Å². The molecule has 0 amide bonds. The van der Waals surface area contributed by atoms with Gasteiger partial charge in [-0.05, 0) is 43.8 Å². The number of benzene rings is 2. The van der Waals surface area contributed by atoms with Crippen LogP contribution >= 0.6 is 12.2 Å². The summed E-state index contributed by atoms with van der Waals surface area (Å²) in [5.41, 5.74) is 1.84. The highest BCUT2D eigenvalue weighted by Gasteiger charge is 2.57. The number of methoxy groups -OCH3 is 1. The Bertz CT molecular complexity index is 974. The van der Waals surface area contributed by atoms with Crippen molar-refractivity contribution in [1.82, 2.24) is 5.32 Å². The predicted octanol–water partition coefficient (Wildman–Crippen LogP) is 3.37. The first-order valence-corrected chi connectivity index (χ1v) is 11.6. The fourth-order valence-corrected chi connectivity index (χ4v) is 4.42. The molecule has 182 valence electrons. The molecule has 2 aliphatic heterocycles. The quantitative estimate of drug-likeness (QED) is 0.431. The molecular weight excluding hydrogens is 456 g/mol. The first kappa shape index (κ1) is 24.6. The molecule has 2 saturated heterocycles. The Kier molecular flexibility index (Phi) is 7.80. The largest absolute Gasteiger partial charge is 0.469 e. The summed E-state index contributed by atoms with van der Waals surface area (Å²) >= 11 is 5.52. The van der Waals surface area contributed by atoms with Gasteiger partial charge in [0.15, 0.2) is 17.2 Å². The number of fused-ring (bicyclic) bond motifs is 1. The summed E-state index contributed by atoms with van der Waals surface area (Å²) in [5, 5.41) is 6.70. The second-order valence-electron chi connectivity index (χ2n) is 8.68. The molecule has 0 bridgehead atoms. The van der Waals surface area contributed by atoms with E-state index in [1.54, 1.807) is 0 Å². The molecule has 9 heteroatoms. The van der Waals surface area contributed by atoms with Crippen LogP contribution in [0.2, 0.25) is 0 Å². The van der Waals surface area contributed by atoms with E-state index < -0.39 is 42.4 Å². The molecule has 2 aromatic carbocycles. The molecule has 2 N–H and O–H groups in total. The maximum Gasteiger partial charge on any atom is 0.307 e. The van der Waals surface area contributed by atoms with Crippen molar-refractivity contribution in [2.45, 2.75) is 63.3 Å². The van der Waals surface area contributed by atoms with E-state index in [-0.39, 0.29) is 6.42 Å². The number of hydrogen-bond acceptors (Lipinski definition) is 7. The number of anilines is 1. The fourth-order valence-electron chi connectivity index (χ4n) is 4.15. The van der Waals surface area contributed by atoms with Crippen molar-refractivity contribution in [3.05, 3.63) is 66.2 Å². The summed E-state index contributed by atoms with van der Waals surface area (Å²) in [6, 6.07) is 18.8. The third-order valence-corrected chi connectivity index (χ3v) is 5.89. The van der Waals surface area contributed by atoms with Crippen LogP contribution in [0.4, 0.5) is 5.69 Å². The van der Waals surface area contributed by atoms with Gasteiger partial charge in [0, 0.05) is 5.69 Å². The maximum absolute atomic E-state index is 12.3. The van der Waals surface area contributed by atoms with E-state index in [4.69, 9.17) is 35.9 Å². The normalized spacial score (nSPS) is 25.9. The number of thiocarbonyl (C=S) groups is 1. The molecular formula is C25H30N2O6S. The van der Waals surface area contributed by atoms with Gasteiger partial charge in [0.2, 0.25) is 0 Å². The highest BCUT2D eigenvalue weighted by Crippen LogP contribution is 2.40. The summed E-state index contributed by atoms with van der Waals surface area (Å²) in [6.07, 6.45) is -2.15. The van der Waals surface area contributed by atoms with Gasteiger partial charge in [-0.3, -0.25) is 4.79 Å². The summed E-state index contributed by atoms with van der Waals surface area (Å²) in [6.45, 7) is 4.03. The summed E-state index contributed by atoms with van der Waals surface area (Å²) in [7, 11) is 1.35. The molecule has 0 aliphatic carbocycles.